The molecule has 1 aromatic carbocycles. The van der Waals surface area contributed by atoms with Crippen molar-refractivity contribution in [1.29, 1.82) is 0 Å². The van der Waals surface area contributed by atoms with E-state index in [4.69, 9.17) is 0 Å². The maximum absolute atomic E-state index is 12.1. The van der Waals surface area contributed by atoms with E-state index in [0.29, 0.717) is 11.0 Å². The molecule has 122 valence electrons. The van der Waals surface area contributed by atoms with E-state index in [1.807, 2.05) is 6.07 Å². The van der Waals surface area contributed by atoms with Crippen molar-refractivity contribution in [3.8, 4) is 0 Å². The second-order valence-electron chi connectivity index (χ2n) is 4.74. The van der Waals surface area contributed by atoms with Crippen molar-refractivity contribution in [3.63, 3.8) is 0 Å². The number of sulfonamides is 1. The number of halogens is 1. The van der Waals surface area contributed by atoms with Gasteiger partial charge in [0.05, 0.1) is 4.90 Å². The molecule has 6 nitrogen and oxygen atoms in total. The van der Waals surface area contributed by atoms with Crippen LogP contribution in [0.2, 0.25) is 0 Å². The zero-order valence-corrected chi connectivity index (χ0v) is 14.6. The fourth-order valence-corrected chi connectivity index (χ4v) is 3.44. The van der Waals surface area contributed by atoms with Crippen LogP contribution in [0.4, 0.5) is 0 Å². The third-order valence-corrected chi connectivity index (χ3v) is 4.91. The number of nitrogens with one attached hydrogen (secondary N) is 2. The number of aromatic nitrogens is 1. The molecule has 0 radical (unpaired) electrons. The smallest absolute Gasteiger partial charge is 0.240 e. The molecule has 0 bridgehead atoms. The number of hydrogen-bond acceptors (Lipinski definition) is 4. The molecular weight excluding hydrogens is 382 g/mol. The van der Waals surface area contributed by atoms with E-state index in [2.05, 4.69) is 31.0 Å². The zero-order valence-electron chi connectivity index (χ0n) is 12.2. The van der Waals surface area contributed by atoms with Gasteiger partial charge >= 0.3 is 0 Å². The zero-order chi connectivity index (χ0) is 16.7. The Morgan fingerprint density at radius 2 is 2.04 bits per heavy atom. The van der Waals surface area contributed by atoms with Crippen LogP contribution in [-0.4, -0.2) is 25.9 Å². The van der Waals surface area contributed by atoms with Crippen molar-refractivity contribution >= 4 is 31.9 Å². The Hall–Kier alpha value is -1.77. The predicted molar refractivity (Wildman–Crippen MR) is 90.0 cm³/mol. The Balaban J connectivity index is 1.79. The van der Waals surface area contributed by atoms with Crippen LogP contribution in [0.25, 0.3) is 0 Å². The predicted octanol–water partition coefficient (Wildman–Crippen LogP) is 1.83. The van der Waals surface area contributed by atoms with Gasteiger partial charge in [-0.05, 0) is 29.8 Å². The first kappa shape index (κ1) is 17.6. The number of rotatable bonds is 7. The maximum atomic E-state index is 12.1. The number of nitrogens with zero attached hydrogens (tertiary/aromatic N) is 1. The summed E-state index contributed by atoms with van der Waals surface area (Å²) in [7, 11) is -3.62. The lowest BCUT2D eigenvalue weighted by Gasteiger charge is -2.08. The highest BCUT2D eigenvalue weighted by atomic mass is 79.9. The normalized spacial score (nSPS) is 11.2. The molecule has 0 aliphatic carbocycles. The Morgan fingerprint density at radius 1 is 1.22 bits per heavy atom. The van der Waals surface area contributed by atoms with Gasteiger partial charge in [0.15, 0.2) is 0 Å². The summed E-state index contributed by atoms with van der Waals surface area (Å²) in [5, 5.41) is 2.71. The van der Waals surface area contributed by atoms with Gasteiger partial charge in [-0.15, -0.1) is 0 Å². The molecule has 8 heteroatoms. The fraction of sp³-hybridized carbons (Fsp3) is 0.200. The summed E-state index contributed by atoms with van der Waals surface area (Å²) in [5.41, 5.74) is 0.885. The largest absolute Gasteiger partial charge is 0.352 e. The maximum Gasteiger partial charge on any atom is 0.240 e. The molecule has 1 aromatic heterocycles. The number of amides is 1. The van der Waals surface area contributed by atoms with Gasteiger partial charge in [0.25, 0.3) is 0 Å². The van der Waals surface area contributed by atoms with Gasteiger partial charge in [-0.3, -0.25) is 9.78 Å². The topological polar surface area (TPSA) is 88.2 Å². The van der Waals surface area contributed by atoms with E-state index in [0.717, 1.165) is 5.56 Å². The van der Waals surface area contributed by atoms with Gasteiger partial charge in [-0.1, -0.05) is 28.1 Å². The summed E-state index contributed by atoms with van der Waals surface area (Å²) >= 11 is 3.23. The highest BCUT2D eigenvalue weighted by Gasteiger charge is 2.14. The van der Waals surface area contributed by atoms with Crippen molar-refractivity contribution in [1.82, 2.24) is 15.0 Å². The summed E-state index contributed by atoms with van der Waals surface area (Å²) in [6.45, 7) is 0.402. The number of pyridine rings is 1. The van der Waals surface area contributed by atoms with Crippen LogP contribution in [0.15, 0.2) is 58.2 Å². The molecule has 1 amide bonds. The Kier molecular flexibility index (Phi) is 6.26. The molecule has 0 fully saturated rings. The molecule has 2 rings (SSSR count). The number of carbonyl (C=O) groups excluding carboxylic acids is 1. The van der Waals surface area contributed by atoms with Gasteiger partial charge < -0.3 is 5.32 Å². The summed E-state index contributed by atoms with van der Waals surface area (Å²) < 4.78 is 27.2. The molecule has 1 heterocycles. The van der Waals surface area contributed by atoms with Gasteiger partial charge in [-0.25, -0.2) is 13.1 Å². The molecule has 0 aliphatic rings. The third kappa shape index (κ3) is 5.74. The summed E-state index contributed by atoms with van der Waals surface area (Å²) in [6, 6.07) is 10.0. The SMILES string of the molecule is O=C(CCNS(=O)(=O)c1cccc(Br)c1)NCc1cccnc1. The lowest BCUT2D eigenvalue weighted by Crippen LogP contribution is -2.30. The first-order valence-electron chi connectivity index (χ1n) is 6.88. The highest BCUT2D eigenvalue weighted by Crippen LogP contribution is 2.15. The average Bonchev–Trinajstić information content (AvgIpc) is 2.54. The molecule has 23 heavy (non-hydrogen) atoms. The quantitative estimate of drug-likeness (QED) is 0.745. The van der Waals surface area contributed by atoms with Gasteiger partial charge in [0, 0.05) is 36.4 Å². The van der Waals surface area contributed by atoms with E-state index in [-0.39, 0.29) is 23.8 Å². The van der Waals surface area contributed by atoms with E-state index in [1.54, 1.807) is 30.6 Å². The molecule has 0 aliphatic heterocycles. The van der Waals surface area contributed by atoms with E-state index < -0.39 is 10.0 Å². The molecule has 0 atom stereocenters. The summed E-state index contributed by atoms with van der Waals surface area (Å²) in [6.07, 6.45) is 3.38. The van der Waals surface area contributed by atoms with Crippen molar-refractivity contribution in [2.24, 2.45) is 0 Å². The van der Waals surface area contributed by atoms with Crippen molar-refractivity contribution in [2.75, 3.05) is 6.54 Å². The average molecular weight is 398 g/mol. The van der Waals surface area contributed by atoms with Crippen LogP contribution >= 0.6 is 15.9 Å². The standard InChI is InChI=1S/C15H16BrN3O3S/c16-13-4-1-5-14(9-13)23(21,22)19-8-6-15(20)18-11-12-3-2-7-17-10-12/h1-5,7,9-10,19H,6,8,11H2,(H,18,20). The lowest BCUT2D eigenvalue weighted by molar-refractivity contribution is -0.121. The second kappa shape index (κ2) is 8.19. The Bertz CT molecular complexity index is 767. The third-order valence-electron chi connectivity index (χ3n) is 2.96. The van der Waals surface area contributed by atoms with Crippen LogP contribution in [-0.2, 0) is 21.4 Å². The monoisotopic (exact) mass is 397 g/mol. The molecule has 2 N–H and O–H groups in total. The molecule has 0 spiro atoms. The highest BCUT2D eigenvalue weighted by molar-refractivity contribution is 9.10. The van der Waals surface area contributed by atoms with Crippen LogP contribution in [0.1, 0.15) is 12.0 Å². The number of carbonyl (C=O) groups is 1. The summed E-state index contributed by atoms with van der Waals surface area (Å²) in [4.78, 5) is 15.8. The molecular formula is C15H16BrN3O3S. The van der Waals surface area contributed by atoms with Gasteiger partial charge in [0.2, 0.25) is 15.9 Å². The van der Waals surface area contributed by atoms with Gasteiger partial charge in [0.1, 0.15) is 0 Å². The minimum absolute atomic E-state index is 0.0354. The molecule has 2 aromatic rings. The first-order valence-corrected chi connectivity index (χ1v) is 9.16. The molecule has 0 saturated carbocycles. The Labute approximate surface area is 143 Å². The lowest BCUT2D eigenvalue weighted by atomic mass is 10.3. The van der Waals surface area contributed by atoms with Crippen LogP contribution in [0.5, 0.6) is 0 Å². The van der Waals surface area contributed by atoms with E-state index >= 15 is 0 Å². The minimum Gasteiger partial charge on any atom is -0.352 e. The fourth-order valence-electron chi connectivity index (χ4n) is 1.81. The van der Waals surface area contributed by atoms with Crippen molar-refractivity contribution in [2.45, 2.75) is 17.9 Å². The molecule has 0 saturated heterocycles. The summed E-state index contributed by atoms with van der Waals surface area (Å²) in [5.74, 6) is -0.231. The molecule has 0 unspecified atom stereocenters. The van der Waals surface area contributed by atoms with E-state index in [9.17, 15) is 13.2 Å². The second-order valence-corrected chi connectivity index (χ2v) is 7.43. The first-order chi connectivity index (χ1) is 11.0. The minimum atomic E-state index is -3.62. The van der Waals surface area contributed by atoms with Crippen LogP contribution in [0.3, 0.4) is 0 Å². The van der Waals surface area contributed by atoms with E-state index in [1.165, 1.54) is 12.1 Å². The number of hydrogen-bond donors (Lipinski definition) is 2. The van der Waals surface area contributed by atoms with Crippen molar-refractivity contribution < 1.29 is 13.2 Å². The van der Waals surface area contributed by atoms with Crippen molar-refractivity contribution in [3.05, 3.63) is 58.8 Å². The van der Waals surface area contributed by atoms with Crippen LogP contribution < -0.4 is 10.0 Å². The number of benzene rings is 1. The Morgan fingerprint density at radius 3 is 2.74 bits per heavy atom. The van der Waals surface area contributed by atoms with Gasteiger partial charge in [-0.2, -0.15) is 0 Å². The van der Waals surface area contributed by atoms with Crippen LogP contribution in [0, 0.1) is 0 Å².